The fourth-order valence-corrected chi connectivity index (χ4v) is 2.97. The number of carboxylic acid groups (broad SMARTS) is 1. The van der Waals surface area contributed by atoms with Crippen molar-refractivity contribution >= 4 is 5.97 Å². The zero-order valence-electron chi connectivity index (χ0n) is 12.6. The van der Waals surface area contributed by atoms with E-state index in [1.165, 1.54) is 12.1 Å². The van der Waals surface area contributed by atoms with E-state index in [1.54, 1.807) is 0 Å². The number of benzene rings is 1. The normalized spacial score (nSPS) is 24.0. The number of carboxylic acids is 1. The molecule has 2 rings (SSSR count). The smallest absolute Gasteiger partial charge is 0.307 e. The minimum atomic E-state index is -0.919. The van der Waals surface area contributed by atoms with Crippen LogP contribution in [0.25, 0.3) is 0 Å². The van der Waals surface area contributed by atoms with E-state index in [4.69, 9.17) is 0 Å². The molecule has 0 amide bonds. The van der Waals surface area contributed by atoms with Gasteiger partial charge in [0.05, 0.1) is 5.92 Å². The second kappa shape index (κ2) is 5.72. The van der Waals surface area contributed by atoms with Gasteiger partial charge in [0.2, 0.25) is 0 Å². The molecule has 0 radical (unpaired) electrons. The molecule has 1 unspecified atom stereocenters. The molecule has 2 atom stereocenters. The molecule has 21 heavy (non-hydrogen) atoms. The summed E-state index contributed by atoms with van der Waals surface area (Å²) in [4.78, 5) is 13.6. The summed E-state index contributed by atoms with van der Waals surface area (Å²) in [6.07, 6.45) is 0.466. The Morgan fingerprint density at radius 1 is 1.33 bits per heavy atom. The van der Waals surface area contributed by atoms with Crippen molar-refractivity contribution in [3.8, 4) is 0 Å². The van der Waals surface area contributed by atoms with Crippen molar-refractivity contribution < 1.29 is 18.7 Å². The quantitative estimate of drug-likeness (QED) is 0.911. The second-order valence-electron chi connectivity index (χ2n) is 6.62. The lowest BCUT2D eigenvalue weighted by atomic mass is 9.79. The van der Waals surface area contributed by atoms with Crippen molar-refractivity contribution in [3.63, 3.8) is 0 Å². The van der Waals surface area contributed by atoms with Crippen LogP contribution in [0, 0.1) is 17.6 Å². The Bertz CT molecular complexity index is 540. The molecular weight excluding hydrogens is 276 g/mol. The summed E-state index contributed by atoms with van der Waals surface area (Å²) in [6.45, 7) is 7.27. The van der Waals surface area contributed by atoms with Crippen LogP contribution in [0.2, 0.25) is 0 Å². The van der Waals surface area contributed by atoms with Crippen LogP contribution in [0.4, 0.5) is 8.78 Å². The van der Waals surface area contributed by atoms with Crippen molar-refractivity contribution in [2.24, 2.45) is 5.92 Å². The lowest BCUT2D eigenvalue weighted by Crippen LogP contribution is -2.50. The molecule has 1 aliphatic heterocycles. The molecule has 1 fully saturated rings. The molecule has 1 aliphatic rings. The number of hydrogen-bond donors (Lipinski definition) is 1. The van der Waals surface area contributed by atoms with Gasteiger partial charge in [-0.3, -0.25) is 9.69 Å². The summed E-state index contributed by atoms with van der Waals surface area (Å²) in [5.74, 6) is -3.33. The van der Waals surface area contributed by atoms with Gasteiger partial charge >= 0.3 is 5.97 Å². The minimum absolute atomic E-state index is 0.113. The molecule has 0 aromatic heterocycles. The topological polar surface area (TPSA) is 40.5 Å². The molecule has 0 aliphatic carbocycles. The van der Waals surface area contributed by atoms with E-state index in [-0.39, 0.29) is 11.1 Å². The molecular formula is C16H21F2NO2. The summed E-state index contributed by atoms with van der Waals surface area (Å²) in [6, 6.07) is 3.38. The zero-order chi connectivity index (χ0) is 15.8. The molecule has 3 nitrogen and oxygen atoms in total. The third kappa shape index (κ3) is 3.40. The van der Waals surface area contributed by atoms with Crippen LogP contribution in [-0.4, -0.2) is 34.6 Å². The van der Waals surface area contributed by atoms with Gasteiger partial charge in [-0.2, -0.15) is 0 Å². The van der Waals surface area contributed by atoms with Crippen LogP contribution in [-0.2, 0) is 4.79 Å². The lowest BCUT2D eigenvalue weighted by Gasteiger charge is -2.44. The standard InChI is InChI=1S/C16H21F2NO2/c1-16(2,3)19-7-6-12(15(20)21)13(9-19)11-5-4-10(17)8-14(11)18/h4-5,8,12-13H,6-7,9H2,1-3H3,(H,20,21)/t12-,13?/m0/s1. The maximum Gasteiger partial charge on any atom is 0.307 e. The lowest BCUT2D eigenvalue weighted by molar-refractivity contribution is -0.144. The van der Waals surface area contributed by atoms with Crippen LogP contribution in [0.15, 0.2) is 18.2 Å². The number of nitrogens with zero attached hydrogens (tertiary/aromatic N) is 1. The van der Waals surface area contributed by atoms with Crippen LogP contribution >= 0.6 is 0 Å². The SMILES string of the molecule is CC(C)(C)N1CC[C@H](C(=O)O)C(c2ccc(F)cc2F)C1. The van der Waals surface area contributed by atoms with Crippen LogP contribution in [0.3, 0.4) is 0 Å². The van der Waals surface area contributed by atoms with Crippen molar-refractivity contribution in [2.75, 3.05) is 13.1 Å². The summed E-state index contributed by atoms with van der Waals surface area (Å²) in [5.41, 5.74) is 0.177. The number of aliphatic carboxylic acids is 1. The third-order valence-corrected chi connectivity index (χ3v) is 4.24. The van der Waals surface area contributed by atoms with Crippen molar-refractivity contribution in [3.05, 3.63) is 35.4 Å². The molecule has 0 saturated carbocycles. The molecule has 1 aromatic rings. The molecule has 116 valence electrons. The van der Waals surface area contributed by atoms with E-state index in [2.05, 4.69) is 4.90 Å². The summed E-state index contributed by atoms with van der Waals surface area (Å²) < 4.78 is 27.1. The predicted octanol–water partition coefficient (Wildman–Crippen LogP) is 3.25. The maximum atomic E-state index is 14.0. The largest absolute Gasteiger partial charge is 0.481 e. The molecule has 1 saturated heterocycles. The Morgan fingerprint density at radius 3 is 2.52 bits per heavy atom. The van der Waals surface area contributed by atoms with Gasteiger partial charge in [-0.05, 0) is 45.4 Å². The van der Waals surface area contributed by atoms with Gasteiger partial charge in [-0.1, -0.05) is 6.07 Å². The van der Waals surface area contributed by atoms with E-state index in [0.29, 0.717) is 19.5 Å². The van der Waals surface area contributed by atoms with Crippen molar-refractivity contribution in [1.29, 1.82) is 0 Å². The fraction of sp³-hybridized carbons (Fsp3) is 0.562. The van der Waals surface area contributed by atoms with E-state index in [1.807, 2.05) is 20.8 Å². The second-order valence-corrected chi connectivity index (χ2v) is 6.62. The molecule has 5 heteroatoms. The fourth-order valence-electron chi connectivity index (χ4n) is 2.97. The zero-order valence-corrected chi connectivity index (χ0v) is 12.6. The number of piperidine rings is 1. The third-order valence-electron chi connectivity index (χ3n) is 4.24. The van der Waals surface area contributed by atoms with Crippen molar-refractivity contribution in [2.45, 2.75) is 38.6 Å². The van der Waals surface area contributed by atoms with E-state index in [0.717, 1.165) is 6.07 Å². The average molecular weight is 297 g/mol. The molecule has 1 aromatic carbocycles. The Morgan fingerprint density at radius 2 is 2.00 bits per heavy atom. The summed E-state index contributed by atoms with van der Waals surface area (Å²) >= 11 is 0. The highest BCUT2D eigenvalue weighted by molar-refractivity contribution is 5.71. The number of likely N-dealkylation sites (tertiary alicyclic amines) is 1. The first-order valence-electron chi connectivity index (χ1n) is 7.13. The number of hydrogen-bond acceptors (Lipinski definition) is 2. The van der Waals surface area contributed by atoms with Gasteiger partial charge in [-0.25, -0.2) is 8.78 Å². The first-order valence-corrected chi connectivity index (χ1v) is 7.13. The van der Waals surface area contributed by atoms with Crippen LogP contribution in [0.1, 0.15) is 38.7 Å². The van der Waals surface area contributed by atoms with Gasteiger partial charge in [-0.15, -0.1) is 0 Å². The van der Waals surface area contributed by atoms with Crippen LogP contribution in [0.5, 0.6) is 0 Å². The number of halogens is 2. The maximum absolute atomic E-state index is 14.0. The molecule has 1 N–H and O–H groups in total. The van der Waals surface area contributed by atoms with Gasteiger partial charge < -0.3 is 5.11 Å². The highest BCUT2D eigenvalue weighted by atomic mass is 19.1. The highest BCUT2D eigenvalue weighted by Gasteiger charge is 2.39. The van der Waals surface area contributed by atoms with Gasteiger partial charge in [0.25, 0.3) is 0 Å². The van der Waals surface area contributed by atoms with Gasteiger partial charge in [0.15, 0.2) is 0 Å². The van der Waals surface area contributed by atoms with Crippen molar-refractivity contribution in [1.82, 2.24) is 4.90 Å². The highest BCUT2D eigenvalue weighted by Crippen LogP contribution is 2.36. The average Bonchev–Trinajstić information content (AvgIpc) is 2.37. The Balaban J connectivity index is 2.36. The number of rotatable bonds is 2. The van der Waals surface area contributed by atoms with Gasteiger partial charge in [0, 0.05) is 24.1 Å². The minimum Gasteiger partial charge on any atom is -0.481 e. The monoisotopic (exact) mass is 297 g/mol. The molecule has 0 spiro atoms. The first kappa shape index (κ1) is 15.9. The predicted molar refractivity (Wildman–Crippen MR) is 76.2 cm³/mol. The van der Waals surface area contributed by atoms with Gasteiger partial charge in [0.1, 0.15) is 11.6 Å². The Hall–Kier alpha value is -1.49. The molecule has 1 heterocycles. The van der Waals surface area contributed by atoms with E-state index >= 15 is 0 Å². The summed E-state index contributed by atoms with van der Waals surface area (Å²) in [7, 11) is 0. The van der Waals surface area contributed by atoms with E-state index in [9.17, 15) is 18.7 Å². The Kier molecular flexibility index (Phi) is 4.33. The van der Waals surface area contributed by atoms with Crippen LogP contribution < -0.4 is 0 Å². The first-order chi connectivity index (χ1) is 9.70. The molecule has 0 bridgehead atoms. The summed E-state index contributed by atoms with van der Waals surface area (Å²) in [5, 5.41) is 9.39. The Labute approximate surface area is 123 Å². The number of carbonyl (C=O) groups is 1. The van der Waals surface area contributed by atoms with E-state index < -0.39 is 29.4 Å².